The lowest BCUT2D eigenvalue weighted by Gasteiger charge is -2.32. The van der Waals surface area contributed by atoms with E-state index in [4.69, 9.17) is 11.5 Å². The van der Waals surface area contributed by atoms with Gasteiger partial charge in [-0.2, -0.15) is 0 Å². The third kappa shape index (κ3) is 34.5. The molecule has 0 bridgehead atoms. The van der Waals surface area contributed by atoms with Crippen LogP contribution < -0.4 is 11.5 Å². The largest absolute Gasteiger partial charge is 0.370 e. The lowest BCUT2D eigenvalue weighted by Crippen LogP contribution is -2.36. The van der Waals surface area contributed by atoms with Crippen molar-refractivity contribution in [2.75, 3.05) is 0 Å². The van der Waals surface area contributed by atoms with Crippen LogP contribution in [0.25, 0.3) is 0 Å². The Morgan fingerprint density at radius 3 is 0.902 bits per heavy atom. The third-order valence-electron chi connectivity index (χ3n) is 11.9. The second-order valence-electron chi connectivity index (χ2n) is 16.8. The molecule has 0 saturated carbocycles. The summed E-state index contributed by atoms with van der Waals surface area (Å²) in [7, 11) is 0. The summed E-state index contributed by atoms with van der Waals surface area (Å²) >= 11 is 0. The van der Waals surface area contributed by atoms with Crippen LogP contribution in [-0.2, 0) is 9.59 Å². The fourth-order valence-corrected chi connectivity index (χ4v) is 8.56. The molecule has 0 aliphatic rings. The highest BCUT2D eigenvalue weighted by Crippen LogP contribution is 2.36. The molecule has 0 fully saturated rings. The van der Waals surface area contributed by atoms with E-state index < -0.39 is 0 Å². The lowest BCUT2D eigenvalue weighted by atomic mass is 9.72. The van der Waals surface area contributed by atoms with Gasteiger partial charge in [0, 0.05) is 12.3 Å². The molecular weight excluding hydrogens is 625 g/mol. The Kier molecular flexibility index (Phi) is 39.3. The molecule has 3 atom stereocenters. The van der Waals surface area contributed by atoms with Gasteiger partial charge in [0.1, 0.15) is 0 Å². The van der Waals surface area contributed by atoms with Gasteiger partial charge in [0.25, 0.3) is 0 Å². The summed E-state index contributed by atoms with van der Waals surface area (Å²) in [4.78, 5) is 25.1. The second-order valence-corrected chi connectivity index (χ2v) is 16.8. The van der Waals surface area contributed by atoms with E-state index in [1.54, 1.807) is 0 Å². The zero-order valence-electron chi connectivity index (χ0n) is 35.3. The number of nitrogens with two attached hydrogens (primary N) is 2. The van der Waals surface area contributed by atoms with Crippen LogP contribution in [0.4, 0.5) is 0 Å². The SMILES string of the molecule is CCCCCCCCCCCCCCCCCCC(CC(N)=O)C(CCCCCCCCCCCCCCCCCC)C(CCCCC)C(N)=O. The predicted molar refractivity (Wildman–Crippen MR) is 226 cm³/mol. The quantitative estimate of drug-likeness (QED) is 0.0615. The van der Waals surface area contributed by atoms with Crippen LogP contribution in [0.2, 0.25) is 0 Å². The molecule has 0 aromatic rings. The van der Waals surface area contributed by atoms with Crippen molar-refractivity contribution in [1.82, 2.24) is 0 Å². The Morgan fingerprint density at radius 2 is 0.608 bits per heavy atom. The van der Waals surface area contributed by atoms with Gasteiger partial charge in [-0.05, 0) is 31.1 Å². The Hall–Kier alpha value is -1.06. The predicted octanol–water partition coefficient (Wildman–Crippen LogP) is 15.1. The molecule has 0 radical (unpaired) electrons. The van der Waals surface area contributed by atoms with Gasteiger partial charge >= 0.3 is 0 Å². The van der Waals surface area contributed by atoms with Crippen molar-refractivity contribution < 1.29 is 9.59 Å². The summed E-state index contributed by atoms with van der Waals surface area (Å²) in [5.74, 6) is -0.128. The fraction of sp³-hybridized carbons (Fsp3) is 0.957. The minimum atomic E-state index is -0.217. The fourth-order valence-electron chi connectivity index (χ4n) is 8.56. The highest BCUT2D eigenvalue weighted by atomic mass is 16.1. The van der Waals surface area contributed by atoms with Crippen molar-refractivity contribution in [3.63, 3.8) is 0 Å². The summed E-state index contributed by atoms with van der Waals surface area (Å²) < 4.78 is 0. The average Bonchev–Trinajstić information content (AvgIpc) is 3.11. The lowest BCUT2D eigenvalue weighted by molar-refractivity contribution is -0.126. The molecule has 0 heterocycles. The van der Waals surface area contributed by atoms with Crippen LogP contribution in [0.1, 0.15) is 271 Å². The molecule has 0 rings (SSSR count). The molecular formula is C47H94N2O2. The molecule has 4 heteroatoms. The summed E-state index contributed by atoms with van der Waals surface area (Å²) in [6.07, 6.45) is 50.2. The molecule has 0 aliphatic carbocycles. The van der Waals surface area contributed by atoms with Gasteiger partial charge in [0.2, 0.25) is 11.8 Å². The maximum Gasteiger partial charge on any atom is 0.220 e. The van der Waals surface area contributed by atoms with Crippen LogP contribution in [0.15, 0.2) is 0 Å². The minimum Gasteiger partial charge on any atom is -0.370 e. The maximum atomic E-state index is 12.8. The molecule has 0 spiro atoms. The van der Waals surface area contributed by atoms with E-state index in [1.807, 2.05) is 0 Å². The summed E-state index contributed by atoms with van der Waals surface area (Å²) in [5.41, 5.74) is 11.9. The second kappa shape index (κ2) is 40.1. The van der Waals surface area contributed by atoms with Crippen LogP contribution in [0.3, 0.4) is 0 Å². The summed E-state index contributed by atoms with van der Waals surface area (Å²) in [6.45, 7) is 6.79. The number of hydrogen-bond acceptors (Lipinski definition) is 2. The van der Waals surface area contributed by atoms with Gasteiger partial charge in [-0.15, -0.1) is 0 Å². The van der Waals surface area contributed by atoms with E-state index in [0.29, 0.717) is 6.42 Å². The van der Waals surface area contributed by atoms with Crippen molar-refractivity contribution in [3.05, 3.63) is 0 Å². The number of hydrogen-bond donors (Lipinski definition) is 2. The highest BCUT2D eigenvalue weighted by molar-refractivity contribution is 5.77. The van der Waals surface area contributed by atoms with Crippen molar-refractivity contribution in [2.45, 2.75) is 271 Å². The number of unbranched alkanes of at least 4 members (excludes halogenated alkanes) is 32. The minimum absolute atomic E-state index is 0.127. The topological polar surface area (TPSA) is 86.2 Å². The number of carbonyl (C=O) groups is 2. The third-order valence-corrected chi connectivity index (χ3v) is 11.9. The normalized spacial score (nSPS) is 13.4. The summed E-state index contributed by atoms with van der Waals surface area (Å²) in [6, 6.07) is 0. The molecule has 0 aromatic carbocycles. The van der Waals surface area contributed by atoms with Crippen LogP contribution >= 0.6 is 0 Å². The van der Waals surface area contributed by atoms with Gasteiger partial charge in [-0.3, -0.25) is 9.59 Å². The molecule has 51 heavy (non-hydrogen) atoms. The number of amides is 2. The monoisotopic (exact) mass is 719 g/mol. The van der Waals surface area contributed by atoms with Crippen LogP contribution in [-0.4, -0.2) is 11.8 Å². The molecule has 4 N–H and O–H groups in total. The van der Waals surface area contributed by atoms with E-state index >= 15 is 0 Å². The molecule has 0 saturated heterocycles. The smallest absolute Gasteiger partial charge is 0.220 e. The molecule has 4 nitrogen and oxygen atoms in total. The molecule has 3 unspecified atom stereocenters. The zero-order chi connectivity index (χ0) is 37.5. The van der Waals surface area contributed by atoms with Gasteiger partial charge in [-0.25, -0.2) is 0 Å². The standard InChI is InChI=1S/C47H94N2O2/c1-4-7-10-12-14-16-18-20-22-24-26-28-30-32-34-37-39-43(42-46(48)50)44(45(47(49)51)41-36-9-6-3)40-38-35-33-31-29-27-25-23-21-19-17-15-13-11-8-5-2/h43-45H,4-42H2,1-3H3,(H2,48,50)(H2,49,51). The molecule has 0 aromatic heterocycles. The highest BCUT2D eigenvalue weighted by Gasteiger charge is 2.33. The first kappa shape index (κ1) is 49.9. The number of carbonyl (C=O) groups excluding carboxylic acids is 2. The van der Waals surface area contributed by atoms with E-state index in [1.165, 1.54) is 193 Å². The Morgan fingerprint density at radius 1 is 0.353 bits per heavy atom. The van der Waals surface area contributed by atoms with Gasteiger partial charge in [0.15, 0.2) is 0 Å². The first-order valence-electron chi connectivity index (χ1n) is 23.5. The van der Waals surface area contributed by atoms with Crippen molar-refractivity contribution >= 4 is 11.8 Å². The number of primary amides is 2. The van der Waals surface area contributed by atoms with E-state index in [-0.39, 0.29) is 29.6 Å². The van der Waals surface area contributed by atoms with E-state index in [0.717, 1.165) is 51.4 Å². The Labute approximate surface area is 321 Å². The van der Waals surface area contributed by atoms with Crippen molar-refractivity contribution in [3.8, 4) is 0 Å². The first-order valence-corrected chi connectivity index (χ1v) is 23.5. The Bertz CT molecular complexity index is 725. The van der Waals surface area contributed by atoms with Crippen molar-refractivity contribution in [2.24, 2.45) is 29.2 Å². The molecule has 0 aliphatic heterocycles. The van der Waals surface area contributed by atoms with E-state index in [9.17, 15) is 9.59 Å². The zero-order valence-corrected chi connectivity index (χ0v) is 35.3. The van der Waals surface area contributed by atoms with Gasteiger partial charge in [0.05, 0.1) is 0 Å². The van der Waals surface area contributed by atoms with Crippen LogP contribution in [0, 0.1) is 17.8 Å². The average molecular weight is 719 g/mol. The summed E-state index contributed by atoms with van der Waals surface area (Å²) in [5, 5.41) is 0. The van der Waals surface area contributed by atoms with Crippen LogP contribution in [0.5, 0.6) is 0 Å². The maximum absolute atomic E-state index is 12.8. The van der Waals surface area contributed by atoms with E-state index in [2.05, 4.69) is 20.8 Å². The number of rotatable bonds is 43. The first-order chi connectivity index (χ1) is 25.0. The van der Waals surface area contributed by atoms with Crippen molar-refractivity contribution in [1.29, 1.82) is 0 Å². The van der Waals surface area contributed by atoms with Gasteiger partial charge in [-0.1, -0.05) is 245 Å². The molecule has 304 valence electrons. The molecule has 2 amide bonds. The van der Waals surface area contributed by atoms with Gasteiger partial charge < -0.3 is 11.5 Å². The Balaban J connectivity index is 4.46.